The predicted molar refractivity (Wildman–Crippen MR) is 353 cm³/mol. The maximum Gasteiger partial charge on any atom is 0.254 e. The molecule has 4 aliphatic rings. The quantitative estimate of drug-likeness (QED) is 0.147. The maximum absolute atomic E-state index is 2.70. The van der Waals surface area contributed by atoms with Crippen LogP contribution in [0.5, 0.6) is 0 Å². The first-order valence-electron chi connectivity index (χ1n) is 29.7. The van der Waals surface area contributed by atoms with Crippen molar-refractivity contribution in [3.8, 4) is 11.1 Å². The van der Waals surface area contributed by atoms with Crippen molar-refractivity contribution in [2.24, 2.45) is 0 Å². The SMILES string of the molecule is CC(C)(C)c1ccc(N2c3cc4c(cc3B3c5c2cc(N(c2ccc(-c6ccccc6)cc2)C2C=CC(c6ccccc6)=CC2)cc5N(c2ccc(C(C)(C)C)cc2)c2sc5ccc(C(C)(C)C)cc5c23)C(C)(C)CCC4(C)C)cc1. The van der Waals surface area contributed by atoms with Crippen LogP contribution in [0.4, 0.5) is 44.8 Å². The lowest BCUT2D eigenvalue weighted by Crippen LogP contribution is -2.61. The fourth-order valence-corrected chi connectivity index (χ4v) is 14.8. The van der Waals surface area contributed by atoms with E-state index in [2.05, 4.69) is 299 Å². The normalized spacial score (nSPS) is 17.1. The van der Waals surface area contributed by atoms with Crippen molar-refractivity contribution in [3.63, 3.8) is 0 Å². The van der Waals surface area contributed by atoms with E-state index in [1.165, 1.54) is 110 Å². The Hall–Kier alpha value is -7.34. The summed E-state index contributed by atoms with van der Waals surface area (Å²) >= 11 is 1.96. The van der Waals surface area contributed by atoms with Crippen LogP contribution < -0.4 is 31.1 Å². The van der Waals surface area contributed by atoms with Crippen LogP contribution in [0, 0.1) is 0 Å². The second kappa shape index (κ2) is 19.1. The van der Waals surface area contributed by atoms with E-state index in [4.69, 9.17) is 0 Å². The number of fused-ring (bicyclic) bond motifs is 7. The van der Waals surface area contributed by atoms with Gasteiger partial charge in [-0.15, -0.1) is 11.3 Å². The van der Waals surface area contributed by atoms with Crippen LogP contribution in [0.1, 0.15) is 143 Å². The van der Waals surface area contributed by atoms with Crippen molar-refractivity contribution in [1.82, 2.24) is 0 Å². The standard InChI is InChI=1S/C76H78BN3S/c1-72(2,3)53-28-37-58(38-29-53)79-65-48-63-62(75(10,11)42-43-76(63,12)13)47-64(65)77-69-61-44-55(74(7,8)9)32-41-68(61)81-71(69)80(59-39-30-54(31-40-59)73(4,5)6)67-46-60(45-66(79)70(67)77)78(56-33-24-51(25-34-56)49-20-16-14-17-21-49)57-35-26-52(27-36-57)50-22-18-15-19-23-50/h14-35,37-41,44-48,57H,36,42-43H2,1-13H3. The molecule has 2 aliphatic carbocycles. The van der Waals surface area contributed by atoms with E-state index in [0.29, 0.717) is 0 Å². The molecule has 0 saturated heterocycles. The number of rotatable bonds is 7. The van der Waals surface area contributed by atoms with Crippen molar-refractivity contribution in [2.45, 2.75) is 142 Å². The molecule has 0 spiro atoms. The van der Waals surface area contributed by atoms with Crippen LogP contribution in [0.25, 0.3) is 26.8 Å². The largest absolute Gasteiger partial charge is 0.334 e. The van der Waals surface area contributed by atoms with Crippen LogP contribution >= 0.6 is 11.3 Å². The molecule has 9 aromatic rings. The van der Waals surface area contributed by atoms with E-state index in [1.54, 1.807) is 0 Å². The summed E-state index contributed by atoms with van der Waals surface area (Å²) in [6, 6.07) is 68.1. The monoisotopic (exact) mass is 1080 g/mol. The smallest absolute Gasteiger partial charge is 0.254 e. The summed E-state index contributed by atoms with van der Waals surface area (Å²) in [6.07, 6.45) is 10.4. The van der Waals surface area contributed by atoms with E-state index in [0.717, 1.165) is 30.6 Å². The molecule has 3 heterocycles. The molecular formula is C76H78BN3S. The molecule has 8 aromatic carbocycles. The van der Waals surface area contributed by atoms with Crippen LogP contribution in [0.3, 0.4) is 0 Å². The van der Waals surface area contributed by atoms with Gasteiger partial charge in [-0.05, 0) is 179 Å². The highest BCUT2D eigenvalue weighted by atomic mass is 32.1. The fourth-order valence-electron chi connectivity index (χ4n) is 13.5. The summed E-state index contributed by atoms with van der Waals surface area (Å²) < 4.78 is 1.33. The molecule has 0 saturated carbocycles. The minimum Gasteiger partial charge on any atom is -0.334 e. The Labute approximate surface area is 487 Å². The van der Waals surface area contributed by atoms with E-state index in [9.17, 15) is 0 Å². The lowest BCUT2D eigenvalue weighted by molar-refractivity contribution is 0.332. The Kier molecular flexibility index (Phi) is 12.5. The zero-order chi connectivity index (χ0) is 56.5. The van der Waals surface area contributed by atoms with Crippen molar-refractivity contribution in [1.29, 1.82) is 0 Å². The van der Waals surface area contributed by atoms with Crippen LogP contribution in [0.2, 0.25) is 0 Å². The Morgan fingerprint density at radius 1 is 0.494 bits per heavy atom. The molecule has 406 valence electrons. The molecule has 0 radical (unpaired) electrons. The molecule has 0 amide bonds. The van der Waals surface area contributed by atoms with E-state index < -0.39 is 0 Å². The van der Waals surface area contributed by atoms with Crippen molar-refractivity contribution in [3.05, 3.63) is 228 Å². The minimum absolute atomic E-state index is 0.00143. The molecule has 0 bridgehead atoms. The van der Waals surface area contributed by atoms with Gasteiger partial charge in [-0.1, -0.05) is 223 Å². The summed E-state index contributed by atoms with van der Waals surface area (Å²) in [5.41, 5.74) is 24.5. The summed E-state index contributed by atoms with van der Waals surface area (Å²) in [5, 5.41) is 2.67. The number of hydrogen-bond acceptors (Lipinski definition) is 4. The molecule has 1 aromatic heterocycles. The molecule has 2 aliphatic heterocycles. The summed E-state index contributed by atoms with van der Waals surface area (Å²) in [6.45, 7) is 31.0. The van der Waals surface area contributed by atoms with Gasteiger partial charge < -0.3 is 14.7 Å². The molecule has 1 unspecified atom stereocenters. The summed E-state index contributed by atoms with van der Waals surface area (Å²) in [4.78, 5) is 7.99. The van der Waals surface area contributed by atoms with Gasteiger partial charge in [0.25, 0.3) is 6.71 Å². The van der Waals surface area contributed by atoms with Crippen molar-refractivity contribution in [2.75, 3.05) is 14.7 Å². The second-order valence-corrected chi connectivity index (χ2v) is 29.1. The van der Waals surface area contributed by atoms with Crippen LogP contribution in [-0.4, -0.2) is 12.8 Å². The number of anilines is 8. The zero-order valence-electron chi connectivity index (χ0n) is 50.0. The average Bonchev–Trinajstić information content (AvgIpc) is 2.90. The number of allylic oxidation sites excluding steroid dienone is 2. The van der Waals surface area contributed by atoms with Gasteiger partial charge in [-0.25, -0.2) is 0 Å². The molecule has 81 heavy (non-hydrogen) atoms. The van der Waals surface area contributed by atoms with Gasteiger partial charge in [0.1, 0.15) is 0 Å². The molecule has 0 N–H and O–H groups in total. The van der Waals surface area contributed by atoms with E-state index in [-0.39, 0.29) is 39.8 Å². The lowest BCUT2D eigenvalue weighted by Gasteiger charge is -2.47. The van der Waals surface area contributed by atoms with Crippen LogP contribution in [0.15, 0.2) is 194 Å². The molecular weight excluding hydrogens is 998 g/mol. The van der Waals surface area contributed by atoms with Gasteiger partial charge in [-0.2, -0.15) is 0 Å². The molecule has 1 atom stereocenters. The summed E-state index contributed by atoms with van der Waals surface area (Å²) in [5.74, 6) is 0. The highest BCUT2D eigenvalue weighted by molar-refractivity contribution is 7.26. The number of benzene rings is 8. The van der Waals surface area contributed by atoms with Gasteiger partial charge in [0.05, 0.1) is 11.0 Å². The lowest BCUT2D eigenvalue weighted by atomic mass is 9.33. The first kappa shape index (κ1) is 53.0. The number of hydrogen-bond donors (Lipinski definition) is 0. The zero-order valence-corrected chi connectivity index (χ0v) is 50.8. The van der Waals surface area contributed by atoms with E-state index in [1.807, 2.05) is 11.3 Å². The van der Waals surface area contributed by atoms with Gasteiger partial charge in [0.15, 0.2) is 0 Å². The molecule has 3 nitrogen and oxygen atoms in total. The molecule has 5 heteroatoms. The maximum atomic E-state index is 2.70. The van der Waals surface area contributed by atoms with Gasteiger partial charge >= 0.3 is 0 Å². The Bertz CT molecular complexity index is 3950. The van der Waals surface area contributed by atoms with Gasteiger partial charge in [0.2, 0.25) is 0 Å². The first-order chi connectivity index (χ1) is 38.5. The Morgan fingerprint density at radius 3 is 1.57 bits per heavy atom. The van der Waals surface area contributed by atoms with Gasteiger partial charge in [-0.3, -0.25) is 0 Å². The topological polar surface area (TPSA) is 9.72 Å². The minimum atomic E-state index is -0.0381. The average molecular weight is 1080 g/mol. The van der Waals surface area contributed by atoms with Crippen molar-refractivity contribution < 1.29 is 0 Å². The second-order valence-electron chi connectivity index (χ2n) is 28.1. The molecule has 13 rings (SSSR count). The molecule has 0 fully saturated rings. The highest BCUT2D eigenvalue weighted by Gasteiger charge is 2.48. The number of thiophene rings is 1. The van der Waals surface area contributed by atoms with E-state index >= 15 is 0 Å². The summed E-state index contributed by atoms with van der Waals surface area (Å²) in [7, 11) is 0. The predicted octanol–water partition coefficient (Wildman–Crippen LogP) is 19.4. The first-order valence-corrected chi connectivity index (χ1v) is 30.5. The Balaban J connectivity index is 1.14. The highest BCUT2D eigenvalue weighted by Crippen LogP contribution is 2.54. The van der Waals surface area contributed by atoms with Crippen molar-refractivity contribution >= 4 is 94.9 Å². The van der Waals surface area contributed by atoms with Gasteiger partial charge in [0, 0.05) is 44.5 Å². The Morgan fingerprint density at radius 2 is 1.01 bits per heavy atom. The third-order valence-electron chi connectivity index (χ3n) is 18.5. The van der Waals surface area contributed by atoms with Crippen LogP contribution in [-0.2, 0) is 27.1 Å². The third-order valence-corrected chi connectivity index (χ3v) is 19.7. The third kappa shape index (κ3) is 9.19. The fraction of sp³-hybridized carbons (Fsp3) is 0.289. The number of nitrogens with zero attached hydrogens (tertiary/aromatic N) is 3.